The van der Waals surface area contributed by atoms with Crippen molar-refractivity contribution < 1.29 is 9.59 Å². The number of nitrogens with zero attached hydrogens (tertiary/aromatic N) is 1. The smallest absolute Gasteiger partial charge is 0.238 e. The van der Waals surface area contributed by atoms with E-state index in [-0.39, 0.29) is 29.6 Å². The highest BCUT2D eigenvalue weighted by Gasteiger charge is 2.51. The molecule has 0 N–H and O–H groups in total. The maximum absolute atomic E-state index is 12.9. The maximum atomic E-state index is 12.9. The second kappa shape index (κ2) is 7.21. The Hall–Kier alpha value is -2.57. The highest BCUT2D eigenvalue weighted by atomic mass is 35.5. The summed E-state index contributed by atoms with van der Waals surface area (Å²) < 4.78 is 0. The van der Waals surface area contributed by atoms with E-state index in [1.807, 2.05) is 36.4 Å². The molecule has 1 aliphatic carbocycles. The Bertz CT molecular complexity index is 957. The minimum Gasteiger partial charge on any atom is -0.274 e. The van der Waals surface area contributed by atoms with E-state index in [1.165, 1.54) is 4.90 Å². The van der Waals surface area contributed by atoms with Gasteiger partial charge in [-0.25, -0.2) is 4.90 Å². The Morgan fingerprint density at radius 3 is 2.41 bits per heavy atom. The Labute approximate surface area is 164 Å². The van der Waals surface area contributed by atoms with Crippen LogP contribution in [0.4, 0.5) is 5.69 Å². The fourth-order valence-corrected chi connectivity index (χ4v) is 4.47. The SMILES string of the molecule is CC1CCCC2C(=O)N(c3ccc(C#Cc4ccccc4)cc3Cl)C(=O)C12. The third-order valence-electron chi connectivity index (χ3n) is 5.58. The zero-order valence-corrected chi connectivity index (χ0v) is 15.9. The van der Waals surface area contributed by atoms with Gasteiger partial charge in [-0.3, -0.25) is 9.59 Å². The molecule has 1 aliphatic heterocycles. The molecule has 1 heterocycles. The molecule has 27 heavy (non-hydrogen) atoms. The van der Waals surface area contributed by atoms with Gasteiger partial charge in [0.2, 0.25) is 11.8 Å². The molecule has 3 unspecified atom stereocenters. The molecule has 3 atom stereocenters. The lowest BCUT2D eigenvalue weighted by atomic mass is 9.74. The first-order valence-corrected chi connectivity index (χ1v) is 9.68. The van der Waals surface area contributed by atoms with Gasteiger partial charge in [0.25, 0.3) is 0 Å². The molecular formula is C23H20ClNO2. The van der Waals surface area contributed by atoms with E-state index in [1.54, 1.807) is 12.1 Å². The predicted molar refractivity (Wildman–Crippen MR) is 106 cm³/mol. The van der Waals surface area contributed by atoms with Crippen LogP contribution in [0.3, 0.4) is 0 Å². The lowest BCUT2D eigenvalue weighted by Crippen LogP contribution is -2.32. The summed E-state index contributed by atoms with van der Waals surface area (Å²) in [5.41, 5.74) is 2.14. The fraction of sp³-hybridized carbons (Fsp3) is 0.304. The average molecular weight is 378 g/mol. The van der Waals surface area contributed by atoms with Gasteiger partial charge in [-0.2, -0.15) is 0 Å². The van der Waals surface area contributed by atoms with Gasteiger partial charge in [-0.1, -0.05) is 55.0 Å². The molecule has 4 rings (SSSR count). The Morgan fingerprint density at radius 2 is 1.70 bits per heavy atom. The van der Waals surface area contributed by atoms with Gasteiger partial charge >= 0.3 is 0 Å². The Balaban J connectivity index is 1.63. The van der Waals surface area contributed by atoms with Gasteiger partial charge in [0.05, 0.1) is 22.5 Å². The van der Waals surface area contributed by atoms with Crippen molar-refractivity contribution in [2.75, 3.05) is 4.90 Å². The average Bonchev–Trinajstić information content (AvgIpc) is 2.93. The lowest BCUT2D eigenvalue weighted by molar-refractivity contribution is -0.123. The van der Waals surface area contributed by atoms with E-state index in [9.17, 15) is 9.59 Å². The van der Waals surface area contributed by atoms with Gasteiger partial charge in [0, 0.05) is 11.1 Å². The van der Waals surface area contributed by atoms with Crippen LogP contribution in [0.25, 0.3) is 0 Å². The second-order valence-electron chi connectivity index (χ2n) is 7.33. The van der Waals surface area contributed by atoms with Crippen molar-refractivity contribution in [3.8, 4) is 11.8 Å². The first-order valence-electron chi connectivity index (χ1n) is 9.30. The molecule has 2 aromatic rings. The second-order valence-corrected chi connectivity index (χ2v) is 7.74. The standard InChI is InChI=1S/C23H20ClNO2/c1-15-6-5-9-18-21(15)23(27)25(22(18)26)20-13-12-17(14-19(20)24)11-10-16-7-3-2-4-8-16/h2-4,7-8,12-15,18,21H,5-6,9H2,1H3. The molecule has 2 amide bonds. The summed E-state index contributed by atoms with van der Waals surface area (Å²) in [6.07, 6.45) is 2.78. The van der Waals surface area contributed by atoms with E-state index < -0.39 is 0 Å². The number of rotatable bonds is 1. The molecule has 1 saturated carbocycles. The van der Waals surface area contributed by atoms with Gasteiger partial charge in [0.15, 0.2) is 0 Å². The van der Waals surface area contributed by atoms with Crippen LogP contribution in [0.5, 0.6) is 0 Å². The third-order valence-corrected chi connectivity index (χ3v) is 5.88. The number of anilines is 1. The van der Waals surface area contributed by atoms with Crippen LogP contribution in [0.15, 0.2) is 48.5 Å². The summed E-state index contributed by atoms with van der Waals surface area (Å²) in [6.45, 7) is 2.06. The van der Waals surface area contributed by atoms with Crippen molar-refractivity contribution >= 4 is 29.1 Å². The number of carbonyl (C=O) groups is 2. The van der Waals surface area contributed by atoms with E-state index in [0.717, 1.165) is 30.4 Å². The van der Waals surface area contributed by atoms with Crippen molar-refractivity contribution in [1.82, 2.24) is 0 Å². The van der Waals surface area contributed by atoms with Crippen LogP contribution < -0.4 is 4.90 Å². The summed E-state index contributed by atoms with van der Waals surface area (Å²) in [5, 5.41) is 0.378. The van der Waals surface area contributed by atoms with E-state index in [4.69, 9.17) is 11.6 Å². The van der Waals surface area contributed by atoms with Gasteiger partial charge in [0.1, 0.15) is 0 Å². The fourth-order valence-electron chi connectivity index (χ4n) is 4.20. The number of amides is 2. The topological polar surface area (TPSA) is 37.4 Å². The summed E-state index contributed by atoms with van der Waals surface area (Å²) in [6, 6.07) is 15.0. The predicted octanol–water partition coefficient (Wildman–Crippen LogP) is 4.67. The number of benzene rings is 2. The molecule has 1 saturated heterocycles. The molecule has 136 valence electrons. The first kappa shape index (κ1) is 17.8. The zero-order valence-electron chi connectivity index (χ0n) is 15.1. The number of hydrogen-bond acceptors (Lipinski definition) is 2. The van der Waals surface area contributed by atoms with Crippen molar-refractivity contribution in [3.63, 3.8) is 0 Å². The largest absolute Gasteiger partial charge is 0.274 e. The van der Waals surface area contributed by atoms with Gasteiger partial charge in [-0.05, 0) is 49.1 Å². The zero-order chi connectivity index (χ0) is 19.0. The van der Waals surface area contributed by atoms with Crippen LogP contribution in [-0.2, 0) is 9.59 Å². The quantitative estimate of drug-likeness (QED) is 0.535. The maximum Gasteiger partial charge on any atom is 0.238 e. The van der Waals surface area contributed by atoms with Gasteiger partial charge in [-0.15, -0.1) is 0 Å². The lowest BCUT2D eigenvalue weighted by Gasteiger charge is -2.27. The number of carbonyl (C=O) groups excluding carboxylic acids is 2. The Morgan fingerprint density at radius 1 is 0.963 bits per heavy atom. The number of hydrogen-bond donors (Lipinski definition) is 0. The normalized spacial score (nSPS) is 24.4. The van der Waals surface area contributed by atoms with Crippen molar-refractivity contribution in [2.45, 2.75) is 26.2 Å². The molecule has 0 spiro atoms. The van der Waals surface area contributed by atoms with Crippen LogP contribution in [-0.4, -0.2) is 11.8 Å². The highest BCUT2D eigenvalue weighted by Crippen LogP contribution is 2.44. The monoisotopic (exact) mass is 377 g/mol. The van der Waals surface area contributed by atoms with Crippen molar-refractivity contribution in [2.24, 2.45) is 17.8 Å². The summed E-state index contributed by atoms with van der Waals surface area (Å²) in [7, 11) is 0. The van der Waals surface area contributed by atoms with E-state index in [2.05, 4.69) is 18.8 Å². The number of fused-ring (bicyclic) bond motifs is 1. The van der Waals surface area contributed by atoms with E-state index in [0.29, 0.717) is 10.7 Å². The van der Waals surface area contributed by atoms with E-state index >= 15 is 0 Å². The first-order chi connectivity index (χ1) is 13.1. The molecule has 3 nitrogen and oxygen atoms in total. The van der Waals surface area contributed by atoms with Gasteiger partial charge < -0.3 is 0 Å². The molecule has 2 aliphatic rings. The third kappa shape index (κ3) is 3.26. The van der Waals surface area contributed by atoms with Crippen LogP contribution >= 0.6 is 11.6 Å². The molecule has 2 aromatic carbocycles. The van der Waals surface area contributed by atoms with Crippen LogP contribution in [0.1, 0.15) is 37.3 Å². The number of halogens is 1. The summed E-state index contributed by atoms with van der Waals surface area (Å²) in [4.78, 5) is 27.1. The summed E-state index contributed by atoms with van der Waals surface area (Å²) in [5.74, 6) is 5.77. The molecule has 0 bridgehead atoms. The minimum absolute atomic E-state index is 0.109. The molecule has 0 radical (unpaired) electrons. The molecule has 0 aromatic heterocycles. The van der Waals surface area contributed by atoms with Crippen LogP contribution in [0.2, 0.25) is 5.02 Å². The molecule has 2 fully saturated rings. The molecule has 4 heteroatoms. The van der Waals surface area contributed by atoms with Crippen molar-refractivity contribution in [1.29, 1.82) is 0 Å². The molecular weight excluding hydrogens is 358 g/mol. The highest BCUT2D eigenvalue weighted by molar-refractivity contribution is 6.36. The minimum atomic E-state index is -0.208. The summed E-state index contributed by atoms with van der Waals surface area (Å²) >= 11 is 6.44. The van der Waals surface area contributed by atoms with Crippen LogP contribution in [0, 0.1) is 29.6 Å². The number of imide groups is 1. The van der Waals surface area contributed by atoms with Crippen molar-refractivity contribution in [3.05, 3.63) is 64.7 Å². The Kier molecular flexibility index (Phi) is 4.76.